The summed E-state index contributed by atoms with van der Waals surface area (Å²) in [6.45, 7) is 2.71. The van der Waals surface area contributed by atoms with Gasteiger partial charge in [0.15, 0.2) is 15.6 Å². The van der Waals surface area contributed by atoms with Gasteiger partial charge < -0.3 is 18.9 Å². The lowest BCUT2D eigenvalue weighted by Crippen LogP contribution is -2.41. The highest BCUT2D eigenvalue weighted by Crippen LogP contribution is 2.44. The summed E-state index contributed by atoms with van der Waals surface area (Å²) in [7, 11) is 0.138. The van der Waals surface area contributed by atoms with E-state index < -0.39 is 9.84 Å². The lowest BCUT2D eigenvalue weighted by Gasteiger charge is -2.33. The van der Waals surface area contributed by atoms with Gasteiger partial charge in [0.25, 0.3) is 0 Å². The Morgan fingerprint density at radius 1 is 1.15 bits per heavy atom. The average Bonchev–Trinajstić information content (AvgIpc) is 3.33. The summed E-state index contributed by atoms with van der Waals surface area (Å²) in [5, 5.41) is 0. The lowest BCUT2D eigenvalue weighted by atomic mass is 9.99. The molecule has 0 unspecified atom stereocenters. The third kappa shape index (κ3) is 3.85. The molecule has 33 heavy (non-hydrogen) atoms. The molecule has 3 heterocycles. The number of rotatable bonds is 4. The zero-order valence-electron chi connectivity index (χ0n) is 18.7. The van der Waals surface area contributed by atoms with Crippen molar-refractivity contribution < 1.29 is 32.2 Å². The van der Waals surface area contributed by atoms with Crippen molar-refractivity contribution in [1.29, 1.82) is 0 Å². The minimum absolute atomic E-state index is 0.0679. The fraction of sp³-hybridized carbons (Fsp3) is 0.375. The van der Waals surface area contributed by atoms with Crippen LogP contribution in [0.1, 0.15) is 33.5 Å². The number of ketones is 1. The van der Waals surface area contributed by atoms with Crippen LogP contribution in [0.25, 0.3) is 6.08 Å². The van der Waals surface area contributed by atoms with Crippen LogP contribution in [0, 0.1) is 6.92 Å². The number of sulfone groups is 1. The third-order valence-electron chi connectivity index (χ3n) is 6.42. The first kappa shape index (κ1) is 21.8. The Hall–Kier alpha value is -3.04. The van der Waals surface area contributed by atoms with Crippen LogP contribution in [0.15, 0.2) is 30.0 Å². The Bertz CT molecular complexity index is 1280. The molecule has 0 spiro atoms. The second-order valence-corrected chi connectivity index (χ2v) is 10.7. The molecule has 8 nitrogen and oxygen atoms in total. The van der Waals surface area contributed by atoms with Gasteiger partial charge in [-0.25, -0.2) is 8.42 Å². The van der Waals surface area contributed by atoms with Crippen molar-refractivity contribution in [3.8, 4) is 23.0 Å². The molecule has 1 atom stereocenters. The van der Waals surface area contributed by atoms with Crippen LogP contribution in [0.5, 0.6) is 23.0 Å². The van der Waals surface area contributed by atoms with Crippen LogP contribution >= 0.6 is 0 Å². The average molecular weight is 472 g/mol. The molecule has 2 aromatic carbocycles. The van der Waals surface area contributed by atoms with Crippen LogP contribution in [0.2, 0.25) is 0 Å². The predicted molar refractivity (Wildman–Crippen MR) is 122 cm³/mol. The van der Waals surface area contributed by atoms with Crippen LogP contribution in [0.3, 0.4) is 0 Å². The van der Waals surface area contributed by atoms with E-state index in [-0.39, 0.29) is 29.1 Å². The monoisotopic (exact) mass is 471 g/mol. The van der Waals surface area contributed by atoms with E-state index in [0.29, 0.717) is 53.8 Å². The molecule has 5 rings (SSSR count). The summed E-state index contributed by atoms with van der Waals surface area (Å²) < 4.78 is 46.4. The number of carbonyl (C=O) groups excluding carboxylic acids is 1. The minimum Gasteiger partial charge on any atom is -0.497 e. The first-order valence-electron chi connectivity index (χ1n) is 10.7. The quantitative estimate of drug-likeness (QED) is 0.629. The largest absolute Gasteiger partial charge is 0.497 e. The van der Waals surface area contributed by atoms with Crippen molar-refractivity contribution in [1.82, 2.24) is 4.90 Å². The normalized spacial score (nSPS) is 22.5. The first-order chi connectivity index (χ1) is 15.8. The fourth-order valence-electron chi connectivity index (χ4n) is 4.64. The highest BCUT2D eigenvalue weighted by molar-refractivity contribution is 7.91. The molecule has 2 aromatic rings. The molecule has 3 aliphatic heterocycles. The van der Waals surface area contributed by atoms with Crippen molar-refractivity contribution in [2.75, 3.05) is 32.5 Å². The highest BCUT2D eigenvalue weighted by atomic mass is 32.2. The predicted octanol–water partition coefficient (Wildman–Crippen LogP) is 2.97. The molecule has 9 heteroatoms. The van der Waals surface area contributed by atoms with Gasteiger partial charge in [-0.3, -0.25) is 9.69 Å². The van der Waals surface area contributed by atoms with E-state index in [1.807, 2.05) is 17.9 Å². The van der Waals surface area contributed by atoms with Crippen LogP contribution in [0.4, 0.5) is 0 Å². The summed E-state index contributed by atoms with van der Waals surface area (Å²) in [5.41, 5.74) is 2.80. The van der Waals surface area contributed by atoms with Gasteiger partial charge in [-0.2, -0.15) is 0 Å². The summed E-state index contributed by atoms with van der Waals surface area (Å²) in [6.07, 6.45) is 2.26. The van der Waals surface area contributed by atoms with E-state index in [1.54, 1.807) is 38.5 Å². The first-order valence-corrected chi connectivity index (χ1v) is 12.5. The standard InChI is InChI=1S/C24H25NO7S/c1-14-23-16(11-25(13-31-23)17-6-7-33(27,28)12-17)8-19-22(26)21(32-24(14)19)9-15-4-5-18(29-2)10-20(15)30-3/h4-5,8-10,17H,6-7,11-13H2,1-3H3/t17-/m1/s1. The van der Waals surface area contributed by atoms with Gasteiger partial charge in [0.1, 0.15) is 29.7 Å². The Balaban J connectivity index is 1.45. The van der Waals surface area contributed by atoms with Gasteiger partial charge in [0.2, 0.25) is 5.78 Å². The number of hydrogen-bond donors (Lipinski definition) is 0. The summed E-state index contributed by atoms with van der Waals surface area (Å²) >= 11 is 0. The van der Waals surface area contributed by atoms with Crippen LogP contribution < -0.4 is 18.9 Å². The molecule has 1 saturated heterocycles. The Labute approximate surface area is 192 Å². The van der Waals surface area contributed by atoms with Crippen molar-refractivity contribution in [2.24, 2.45) is 0 Å². The minimum atomic E-state index is -2.99. The van der Waals surface area contributed by atoms with E-state index in [2.05, 4.69) is 0 Å². The molecule has 1 fully saturated rings. The van der Waals surface area contributed by atoms with Crippen molar-refractivity contribution >= 4 is 21.7 Å². The molecular formula is C24H25NO7S. The van der Waals surface area contributed by atoms with Gasteiger partial charge in [-0.1, -0.05) is 0 Å². The number of allylic oxidation sites excluding steroid dienone is 1. The number of Topliss-reactive ketones (excluding diaryl/α,β-unsaturated/α-hetero) is 1. The second-order valence-electron chi connectivity index (χ2n) is 8.49. The van der Waals surface area contributed by atoms with Gasteiger partial charge in [-0.05, 0) is 37.6 Å². The molecular weight excluding hydrogens is 446 g/mol. The lowest BCUT2D eigenvalue weighted by molar-refractivity contribution is 0.0637. The summed E-state index contributed by atoms with van der Waals surface area (Å²) in [6, 6.07) is 7.08. The van der Waals surface area contributed by atoms with Crippen LogP contribution in [-0.2, 0) is 16.4 Å². The second kappa shape index (κ2) is 8.07. The maximum atomic E-state index is 13.2. The van der Waals surface area contributed by atoms with Gasteiger partial charge in [0, 0.05) is 35.3 Å². The van der Waals surface area contributed by atoms with Crippen molar-refractivity contribution in [3.63, 3.8) is 0 Å². The Morgan fingerprint density at radius 3 is 2.67 bits per heavy atom. The van der Waals surface area contributed by atoms with Gasteiger partial charge >= 0.3 is 0 Å². The number of fused-ring (bicyclic) bond motifs is 2. The molecule has 0 N–H and O–H groups in total. The molecule has 3 aliphatic rings. The summed E-state index contributed by atoms with van der Waals surface area (Å²) in [4.78, 5) is 15.2. The number of hydrogen-bond acceptors (Lipinski definition) is 8. The van der Waals surface area contributed by atoms with E-state index >= 15 is 0 Å². The summed E-state index contributed by atoms with van der Waals surface area (Å²) in [5.74, 6) is 2.75. The maximum absolute atomic E-state index is 13.2. The SMILES string of the molecule is COc1ccc(C=C2Oc3c(cc4c(c3C)OCN([C@@H]3CCS(=O)(=O)C3)C4)C2=O)c(OC)c1. The fourth-order valence-corrected chi connectivity index (χ4v) is 6.40. The van der Waals surface area contributed by atoms with E-state index in [4.69, 9.17) is 18.9 Å². The van der Waals surface area contributed by atoms with Gasteiger partial charge in [-0.15, -0.1) is 0 Å². The van der Waals surface area contributed by atoms with E-state index in [9.17, 15) is 13.2 Å². The molecule has 0 saturated carbocycles. The molecule has 0 aromatic heterocycles. The zero-order chi connectivity index (χ0) is 23.3. The van der Waals surface area contributed by atoms with Gasteiger partial charge in [0.05, 0.1) is 31.3 Å². The van der Waals surface area contributed by atoms with E-state index in [1.165, 1.54) is 0 Å². The number of methoxy groups -OCH3 is 2. The van der Waals surface area contributed by atoms with Crippen LogP contribution in [-0.4, -0.2) is 57.6 Å². The zero-order valence-corrected chi connectivity index (χ0v) is 19.5. The number of ether oxygens (including phenoxy) is 4. The third-order valence-corrected chi connectivity index (χ3v) is 8.17. The molecule has 0 amide bonds. The number of benzene rings is 2. The van der Waals surface area contributed by atoms with Crippen molar-refractivity contribution in [3.05, 3.63) is 52.3 Å². The molecule has 174 valence electrons. The highest BCUT2D eigenvalue weighted by Gasteiger charge is 2.37. The van der Waals surface area contributed by atoms with E-state index in [0.717, 1.165) is 11.1 Å². The molecule has 0 radical (unpaired) electrons. The molecule has 0 aliphatic carbocycles. The topological polar surface area (TPSA) is 91.4 Å². The molecule has 0 bridgehead atoms. The Morgan fingerprint density at radius 2 is 1.97 bits per heavy atom. The maximum Gasteiger partial charge on any atom is 0.231 e. The van der Waals surface area contributed by atoms with Crippen molar-refractivity contribution in [2.45, 2.75) is 25.9 Å². The number of nitrogens with zero attached hydrogens (tertiary/aromatic N) is 1. The number of carbonyl (C=O) groups is 1. The smallest absolute Gasteiger partial charge is 0.231 e. The Kier molecular flexibility index (Phi) is 5.33.